The van der Waals surface area contributed by atoms with Crippen LogP contribution in [0.15, 0.2) is 0 Å². The van der Waals surface area contributed by atoms with E-state index in [2.05, 4.69) is 47.5 Å². The summed E-state index contributed by atoms with van der Waals surface area (Å²) in [4.78, 5) is 10.2. The molecule has 124 valence electrons. The minimum Gasteiger partial charge on any atom is -0.308 e. The predicted molar refractivity (Wildman–Crippen MR) is 90.9 cm³/mol. The second-order valence-corrected chi connectivity index (χ2v) is 7.31. The molecule has 0 aromatic rings. The van der Waals surface area contributed by atoms with Crippen molar-refractivity contribution in [1.29, 1.82) is 0 Å². The van der Waals surface area contributed by atoms with Crippen LogP contribution in [0.25, 0.3) is 0 Å². The molecule has 2 fully saturated rings. The van der Waals surface area contributed by atoms with Crippen LogP contribution in [0.1, 0.15) is 26.7 Å². The van der Waals surface area contributed by atoms with Gasteiger partial charge in [-0.3, -0.25) is 4.90 Å². The monoisotopic (exact) mass is 296 g/mol. The first-order chi connectivity index (χ1) is 10.1. The lowest BCUT2D eigenvalue weighted by atomic mass is 9.98. The van der Waals surface area contributed by atoms with Crippen LogP contribution in [-0.2, 0) is 0 Å². The summed E-state index contributed by atoms with van der Waals surface area (Å²) < 4.78 is 0. The van der Waals surface area contributed by atoms with Gasteiger partial charge in [0.2, 0.25) is 0 Å². The summed E-state index contributed by atoms with van der Waals surface area (Å²) >= 11 is 0. The average molecular weight is 297 g/mol. The van der Waals surface area contributed by atoms with Crippen LogP contribution in [0.4, 0.5) is 0 Å². The number of rotatable bonds is 7. The maximum atomic E-state index is 2.72. The molecule has 2 atom stereocenters. The fourth-order valence-electron chi connectivity index (χ4n) is 3.80. The van der Waals surface area contributed by atoms with E-state index in [4.69, 9.17) is 0 Å². The molecule has 2 unspecified atom stereocenters. The zero-order valence-corrected chi connectivity index (χ0v) is 14.7. The Labute approximate surface area is 132 Å². The lowest BCUT2D eigenvalue weighted by Gasteiger charge is -2.38. The number of hydrogen-bond donors (Lipinski definition) is 0. The van der Waals surface area contributed by atoms with Crippen molar-refractivity contribution < 1.29 is 0 Å². The van der Waals surface area contributed by atoms with Crippen LogP contribution < -0.4 is 0 Å². The summed E-state index contributed by atoms with van der Waals surface area (Å²) in [5, 5.41) is 0. The zero-order chi connectivity index (χ0) is 15.2. The first-order valence-corrected chi connectivity index (χ1v) is 8.92. The number of hydrogen-bond acceptors (Lipinski definition) is 4. The third kappa shape index (κ3) is 5.51. The topological polar surface area (TPSA) is 13.0 Å². The second kappa shape index (κ2) is 8.47. The van der Waals surface area contributed by atoms with Gasteiger partial charge in [-0.05, 0) is 52.9 Å². The van der Waals surface area contributed by atoms with Crippen LogP contribution in [0.5, 0.6) is 0 Å². The Morgan fingerprint density at radius 3 is 2.38 bits per heavy atom. The van der Waals surface area contributed by atoms with E-state index in [1.54, 1.807) is 0 Å². The van der Waals surface area contributed by atoms with Gasteiger partial charge in [0.1, 0.15) is 0 Å². The Morgan fingerprint density at radius 1 is 1.05 bits per heavy atom. The average Bonchev–Trinajstić information content (AvgIpc) is 2.92. The van der Waals surface area contributed by atoms with E-state index in [9.17, 15) is 0 Å². The van der Waals surface area contributed by atoms with Crippen LogP contribution in [-0.4, -0.2) is 98.6 Å². The van der Waals surface area contributed by atoms with Crippen molar-refractivity contribution in [2.45, 2.75) is 32.7 Å². The fraction of sp³-hybridized carbons (Fsp3) is 1.00. The van der Waals surface area contributed by atoms with Gasteiger partial charge in [-0.1, -0.05) is 6.92 Å². The van der Waals surface area contributed by atoms with Crippen molar-refractivity contribution in [1.82, 2.24) is 19.6 Å². The molecule has 2 heterocycles. The molecule has 0 bridgehead atoms. The molecule has 0 amide bonds. The van der Waals surface area contributed by atoms with E-state index < -0.39 is 0 Å². The maximum absolute atomic E-state index is 2.72. The Kier molecular flexibility index (Phi) is 6.93. The van der Waals surface area contributed by atoms with Crippen LogP contribution >= 0.6 is 0 Å². The van der Waals surface area contributed by atoms with Crippen LogP contribution in [0.3, 0.4) is 0 Å². The summed E-state index contributed by atoms with van der Waals surface area (Å²) in [5.74, 6) is 0.923. The molecule has 2 rings (SSSR count). The SMILES string of the molecule is CCN1CCN(C(C)CC2CCN(CCN(C)C)C2)CC1. The van der Waals surface area contributed by atoms with Gasteiger partial charge in [0.05, 0.1) is 0 Å². The highest BCUT2D eigenvalue weighted by Crippen LogP contribution is 2.23. The lowest BCUT2D eigenvalue weighted by Crippen LogP contribution is -2.49. The summed E-state index contributed by atoms with van der Waals surface area (Å²) in [7, 11) is 4.34. The van der Waals surface area contributed by atoms with E-state index in [1.165, 1.54) is 71.7 Å². The van der Waals surface area contributed by atoms with E-state index in [1.807, 2.05) is 0 Å². The number of piperazine rings is 1. The van der Waals surface area contributed by atoms with Crippen molar-refractivity contribution in [3.05, 3.63) is 0 Å². The van der Waals surface area contributed by atoms with Gasteiger partial charge < -0.3 is 14.7 Å². The molecule has 0 radical (unpaired) electrons. The predicted octanol–water partition coefficient (Wildman–Crippen LogP) is 1.29. The Bertz CT molecular complexity index is 287. The highest BCUT2D eigenvalue weighted by atomic mass is 15.3. The summed E-state index contributed by atoms with van der Waals surface area (Å²) in [5.41, 5.74) is 0. The van der Waals surface area contributed by atoms with Gasteiger partial charge in [-0.25, -0.2) is 0 Å². The highest BCUT2D eigenvalue weighted by molar-refractivity contribution is 4.82. The van der Waals surface area contributed by atoms with E-state index in [0.717, 1.165) is 12.0 Å². The molecule has 2 aliphatic heterocycles. The first-order valence-electron chi connectivity index (χ1n) is 8.92. The second-order valence-electron chi connectivity index (χ2n) is 7.31. The normalized spacial score (nSPS) is 27.6. The van der Waals surface area contributed by atoms with Gasteiger partial charge in [-0.15, -0.1) is 0 Å². The van der Waals surface area contributed by atoms with Gasteiger partial charge in [0.15, 0.2) is 0 Å². The molecule has 0 N–H and O–H groups in total. The van der Waals surface area contributed by atoms with Gasteiger partial charge in [-0.2, -0.15) is 0 Å². The van der Waals surface area contributed by atoms with E-state index >= 15 is 0 Å². The molecule has 0 aromatic carbocycles. The van der Waals surface area contributed by atoms with Crippen molar-refractivity contribution in [2.75, 3.05) is 73.0 Å². The number of nitrogens with zero attached hydrogens (tertiary/aromatic N) is 4. The van der Waals surface area contributed by atoms with Crippen molar-refractivity contribution in [3.8, 4) is 0 Å². The summed E-state index contributed by atoms with van der Waals surface area (Å²) in [6.07, 6.45) is 2.80. The van der Waals surface area contributed by atoms with Gasteiger partial charge >= 0.3 is 0 Å². The minimum absolute atomic E-state index is 0.766. The molecule has 0 aliphatic carbocycles. The van der Waals surface area contributed by atoms with Crippen molar-refractivity contribution >= 4 is 0 Å². The Morgan fingerprint density at radius 2 is 1.76 bits per heavy atom. The number of likely N-dealkylation sites (N-methyl/N-ethyl adjacent to an activating group) is 2. The molecule has 0 spiro atoms. The standard InChI is InChI=1S/C17H36N4/c1-5-19-10-12-21(13-11-19)16(2)14-17-6-7-20(15-17)9-8-18(3)4/h16-17H,5-15H2,1-4H3. The third-order valence-corrected chi connectivity index (χ3v) is 5.39. The van der Waals surface area contributed by atoms with Gasteiger partial charge in [0, 0.05) is 51.9 Å². The fourth-order valence-corrected chi connectivity index (χ4v) is 3.80. The van der Waals surface area contributed by atoms with Crippen LogP contribution in [0, 0.1) is 5.92 Å². The highest BCUT2D eigenvalue weighted by Gasteiger charge is 2.27. The molecule has 0 saturated carbocycles. The zero-order valence-electron chi connectivity index (χ0n) is 14.7. The molecule has 2 saturated heterocycles. The quantitative estimate of drug-likeness (QED) is 0.702. The van der Waals surface area contributed by atoms with Crippen molar-refractivity contribution in [2.24, 2.45) is 5.92 Å². The van der Waals surface area contributed by atoms with E-state index in [-0.39, 0.29) is 0 Å². The maximum Gasteiger partial charge on any atom is 0.0113 e. The number of likely N-dealkylation sites (tertiary alicyclic amines) is 1. The van der Waals surface area contributed by atoms with E-state index in [0.29, 0.717) is 0 Å². The molecular formula is C17H36N4. The van der Waals surface area contributed by atoms with Gasteiger partial charge in [0.25, 0.3) is 0 Å². The lowest BCUT2D eigenvalue weighted by molar-refractivity contribution is 0.0949. The minimum atomic E-state index is 0.766. The molecule has 0 aromatic heterocycles. The summed E-state index contributed by atoms with van der Waals surface area (Å²) in [6.45, 7) is 16.1. The Hall–Kier alpha value is -0.160. The smallest absolute Gasteiger partial charge is 0.0113 e. The molecule has 4 heteroatoms. The molecular weight excluding hydrogens is 260 g/mol. The van der Waals surface area contributed by atoms with Crippen LogP contribution in [0.2, 0.25) is 0 Å². The van der Waals surface area contributed by atoms with Crippen molar-refractivity contribution in [3.63, 3.8) is 0 Å². The largest absolute Gasteiger partial charge is 0.308 e. The first kappa shape index (κ1) is 17.2. The third-order valence-electron chi connectivity index (χ3n) is 5.39. The molecule has 2 aliphatic rings. The molecule has 21 heavy (non-hydrogen) atoms. The summed E-state index contributed by atoms with van der Waals surface area (Å²) in [6, 6.07) is 0.766. The molecule has 4 nitrogen and oxygen atoms in total. The Balaban J connectivity index is 1.66.